The van der Waals surface area contributed by atoms with E-state index in [2.05, 4.69) is 30.4 Å². The summed E-state index contributed by atoms with van der Waals surface area (Å²) in [7, 11) is 1.58. The van der Waals surface area contributed by atoms with Crippen molar-refractivity contribution in [2.45, 2.75) is 20.3 Å². The lowest BCUT2D eigenvalue weighted by Crippen LogP contribution is -2.06. The molecule has 0 aromatic heterocycles. The normalized spacial score (nSPS) is 10.8. The molecule has 8 nitrogen and oxygen atoms in total. The van der Waals surface area contributed by atoms with Crippen molar-refractivity contribution in [3.63, 3.8) is 0 Å². The van der Waals surface area contributed by atoms with E-state index in [0.717, 1.165) is 17.7 Å². The average molecular weight is 450 g/mol. The van der Waals surface area contributed by atoms with Crippen LogP contribution in [0.3, 0.4) is 0 Å². The highest BCUT2D eigenvalue weighted by atomic mass is 16.6. The highest BCUT2D eigenvalue weighted by Crippen LogP contribution is 2.28. The second-order valence-electron chi connectivity index (χ2n) is 7.46. The summed E-state index contributed by atoms with van der Waals surface area (Å²) in [6.07, 6.45) is 2.36. The van der Waals surface area contributed by atoms with Gasteiger partial charge in [0, 0.05) is 18.6 Å². The first-order valence-corrected chi connectivity index (χ1v) is 10.5. The number of ether oxygens (including phenoxy) is 3. The molecule has 0 spiro atoms. The third kappa shape index (κ3) is 7.24. The van der Waals surface area contributed by atoms with Crippen molar-refractivity contribution in [1.29, 1.82) is 0 Å². The predicted octanol–water partition coefficient (Wildman–Crippen LogP) is 5.51. The number of nitrogens with zero attached hydrogens (tertiary/aromatic N) is 2. The Kier molecular flexibility index (Phi) is 8.24. The molecule has 0 bridgehead atoms. The fourth-order valence-electron chi connectivity index (χ4n) is 3.17. The fourth-order valence-corrected chi connectivity index (χ4v) is 3.17. The largest absolute Gasteiger partial charge is 0.493 e. The minimum absolute atomic E-state index is 0.0293. The molecule has 0 heterocycles. The van der Waals surface area contributed by atoms with Gasteiger partial charge in [0.1, 0.15) is 5.75 Å². The second-order valence-corrected chi connectivity index (χ2v) is 7.46. The molecule has 0 radical (unpaired) electrons. The van der Waals surface area contributed by atoms with Crippen LogP contribution in [0.25, 0.3) is 0 Å². The van der Waals surface area contributed by atoms with E-state index in [1.54, 1.807) is 25.5 Å². The van der Waals surface area contributed by atoms with E-state index in [1.165, 1.54) is 23.3 Å². The van der Waals surface area contributed by atoms with Crippen LogP contribution in [0.1, 0.15) is 23.1 Å². The highest BCUT2D eigenvalue weighted by molar-refractivity contribution is 5.81. The molecule has 3 aromatic carbocycles. The summed E-state index contributed by atoms with van der Waals surface area (Å²) in [6.45, 7) is 5.16. The molecule has 1 N–H and O–H groups in total. The molecular weight excluding hydrogens is 422 g/mol. The van der Waals surface area contributed by atoms with E-state index >= 15 is 0 Å². The van der Waals surface area contributed by atoms with Crippen LogP contribution in [0.2, 0.25) is 0 Å². The number of anilines is 1. The number of non-ortho nitro benzene ring substituents is 1. The Bertz CT molecular complexity index is 1090. The molecule has 0 amide bonds. The maximum absolute atomic E-state index is 10.7. The van der Waals surface area contributed by atoms with Gasteiger partial charge in [-0.2, -0.15) is 5.10 Å². The third-order valence-corrected chi connectivity index (χ3v) is 4.68. The molecule has 0 aliphatic rings. The van der Waals surface area contributed by atoms with Crippen molar-refractivity contribution < 1.29 is 19.1 Å². The summed E-state index contributed by atoms with van der Waals surface area (Å²) in [5.41, 5.74) is 6.68. The van der Waals surface area contributed by atoms with E-state index in [4.69, 9.17) is 14.2 Å². The Balaban J connectivity index is 1.48. The number of nitro benzene ring substituents is 1. The predicted molar refractivity (Wildman–Crippen MR) is 129 cm³/mol. The molecule has 33 heavy (non-hydrogen) atoms. The van der Waals surface area contributed by atoms with Crippen molar-refractivity contribution in [3.05, 3.63) is 87.5 Å². The average Bonchev–Trinajstić information content (AvgIpc) is 2.79. The summed E-state index contributed by atoms with van der Waals surface area (Å²) >= 11 is 0. The Hall–Kier alpha value is -4.07. The first-order valence-electron chi connectivity index (χ1n) is 10.5. The minimum Gasteiger partial charge on any atom is -0.493 e. The zero-order valence-electron chi connectivity index (χ0n) is 18.9. The number of nitro groups is 1. The Morgan fingerprint density at radius 3 is 2.30 bits per heavy atom. The van der Waals surface area contributed by atoms with Gasteiger partial charge in [-0.05, 0) is 73.0 Å². The van der Waals surface area contributed by atoms with E-state index < -0.39 is 4.92 Å². The summed E-state index contributed by atoms with van der Waals surface area (Å²) in [6, 6.07) is 17.7. The molecular formula is C25H27N3O5. The molecule has 0 aliphatic carbocycles. The number of rotatable bonds is 11. The van der Waals surface area contributed by atoms with Crippen molar-refractivity contribution in [2.75, 3.05) is 25.7 Å². The molecule has 0 saturated heterocycles. The third-order valence-electron chi connectivity index (χ3n) is 4.68. The monoisotopic (exact) mass is 449 g/mol. The van der Waals surface area contributed by atoms with Gasteiger partial charge in [0.25, 0.3) is 5.69 Å². The zero-order chi connectivity index (χ0) is 23.6. The molecule has 8 heteroatoms. The van der Waals surface area contributed by atoms with Crippen molar-refractivity contribution in [1.82, 2.24) is 0 Å². The van der Waals surface area contributed by atoms with Gasteiger partial charge in [0.2, 0.25) is 0 Å². The lowest BCUT2D eigenvalue weighted by atomic mass is 10.1. The van der Waals surface area contributed by atoms with Crippen LogP contribution in [0.4, 0.5) is 11.4 Å². The number of hydrogen-bond acceptors (Lipinski definition) is 7. The Morgan fingerprint density at radius 1 is 0.939 bits per heavy atom. The molecule has 3 aromatic rings. The summed E-state index contributed by atoms with van der Waals surface area (Å²) in [4.78, 5) is 10.3. The van der Waals surface area contributed by atoms with Crippen LogP contribution >= 0.6 is 0 Å². The molecule has 3 rings (SSSR count). The number of nitrogens with one attached hydrogen (secondary N) is 1. The van der Waals surface area contributed by atoms with Gasteiger partial charge in [0.05, 0.1) is 37.1 Å². The van der Waals surface area contributed by atoms with Crippen LogP contribution < -0.4 is 19.6 Å². The zero-order valence-corrected chi connectivity index (χ0v) is 18.9. The van der Waals surface area contributed by atoms with Crippen molar-refractivity contribution >= 4 is 17.6 Å². The van der Waals surface area contributed by atoms with E-state index in [-0.39, 0.29) is 5.69 Å². The quantitative estimate of drug-likeness (QED) is 0.179. The topological polar surface area (TPSA) is 95.2 Å². The van der Waals surface area contributed by atoms with E-state index in [1.807, 2.05) is 30.3 Å². The smallest absolute Gasteiger partial charge is 0.269 e. The van der Waals surface area contributed by atoms with Crippen LogP contribution in [-0.4, -0.2) is 31.5 Å². The van der Waals surface area contributed by atoms with E-state index in [0.29, 0.717) is 30.4 Å². The van der Waals surface area contributed by atoms with Crippen molar-refractivity contribution in [3.8, 4) is 17.2 Å². The highest BCUT2D eigenvalue weighted by Gasteiger charge is 2.06. The van der Waals surface area contributed by atoms with Crippen LogP contribution in [0.15, 0.2) is 65.8 Å². The van der Waals surface area contributed by atoms with Gasteiger partial charge in [-0.25, -0.2) is 0 Å². The van der Waals surface area contributed by atoms with Gasteiger partial charge in [-0.3, -0.25) is 15.5 Å². The first kappa shape index (κ1) is 23.6. The molecule has 0 aliphatic heterocycles. The van der Waals surface area contributed by atoms with Crippen LogP contribution in [-0.2, 0) is 0 Å². The summed E-state index contributed by atoms with van der Waals surface area (Å²) in [5.74, 6) is 2.12. The number of benzene rings is 3. The Labute approximate surface area is 193 Å². The summed E-state index contributed by atoms with van der Waals surface area (Å²) < 4.78 is 17.1. The van der Waals surface area contributed by atoms with Crippen LogP contribution in [0, 0.1) is 24.0 Å². The fraction of sp³-hybridized carbons (Fsp3) is 0.240. The minimum atomic E-state index is -0.444. The lowest BCUT2D eigenvalue weighted by molar-refractivity contribution is -0.384. The number of aryl methyl sites for hydroxylation is 2. The van der Waals surface area contributed by atoms with Gasteiger partial charge < -0.3 is 14.2 Å². The second kappa shape index (κ2) is 11.5. The maximum Gasteiger partial charge on any atom is 0.269 e. The molecule has 0 unspecified atom stereocenters. The molecule has 0 saturated carbocycles. The Morgan fingerprint density at radius 2 is 1.64 bits per heavy atom. The standard InChI is InChI=1S/C25H27N3O5/c1-18-13-19(2)15-23(14-18)32-11-4-12-33-24-10-5-20(16-25(24)31-3)17-26-27-21-6-8-22(9-7-21)28(29)30/h5-10,13-17,27H,4,11-12H2,1-3H3/b26-17+. The lowest BCUT2D eigenvalue weighted by Gasteiger charge is -2.12. The molecule has 0 fully saturated rings. The molecule has 0 atom stereocenters. The van der Waals surface area contributed by atoms with E-state index in [9.17, 15) is 10.1 Å². The molecule has 172 valence electrons. The van der Waals surface area contributed by atoms with Crippen molar-refractivity contribution in [2.24, 2.45) is 5.10 Å². The van der Waals surface area contributed by atoms with Gasteiger partial charge in [-0.1, -0.05) is 6.07 Å². The maximum atomic E-state index is 10.7. The number of hydrazone groups is 1. The first-order chi connectivity index (χ1) is 15.9. The van der Waals surface area contributed by atoms with Gasteiger partial charge >= 0.3 is 0 Å². The van der Waals surface area contributed by atoms with Crippen LogP contribution in [0.5, 0.6) is 17.2 Å². The van der Waals surface area contributed by atoms with Gasteiger partial charge in [0.15, 0.2) is 11.5 Å². The summed E-state index contributed by atoms with van der Waals surface area (Å²) in [5, 5.41) is 14.9. The van der Waals surface area contributed by atoms with Gasteiger partial charge in [-0.15, -0.1) is 0 Å². The number of hydrogen-bond donors (Lipinski definition) is 1. The SMILES string of the molecule is COc1cc(/C=N/Nc2ccc([N+](=O)[O-])cc2)ccc1OCCCOc1cc(C)cc(C)c1. The number of methoxy groups -OCH3 is 1.